The summed E-state index contributed by atoms with van der Waals surface area (Å²) in [5.74, 6) is 0.590. The summed E-state index contributed by atoms with van der Waals surface area (Å²) in [6, 6.07) is 22.9. The molecule has 0 saturated carbocycles. The summed E-state index contributed by atoms with van der Waals surface area (Å²) >= 11 is 0. The van der Waals surface area contributed by atoms with E-state index in [4.69, 9.17) is 9.47 Å². The minimum atomic E-state index is -3.87. The maximum atomic E-state index is 13.6. The smallest absolute Gasteiger partial charge is 0.264 e. The van der Waals surface area contributed by atoms with E-state index >= 15 is 0 Å². The van der Waals surface area contributed by atoms with Crippen LogP contribution in [-0.2, 0) is 21.4 Å². The molecule has 0 aliphatic rings. The molecule has 0 heterocycles. The van der Waals surface area contributed by atoms with Gasteiger partial charge in [-0.15, -0.1) is 6.58 Å². The van der Waals surface area contributed by atoms with E-state index in [9.17, 15) is 8.42 Å². The van der Waals surface area contributed by atoms with Gasteiger partial charge in [0.25, 0.3) is 10.0 Å². The average Bonchev–Trinajstić information content (AvgIpc) is 2.80. The number of hydrogen-bond donors (Lipinski definition) is 0. The lowest BCUT2D eigenvalue weighted by Crippen LogP contribution is -2.42. The van der Waals surface area contributed by atoms with Crippen LogP contribution in [0.5, 0.6) is 5.75 Å². The summed E-state index contributed by atoms with van der Waals surface area (Å²) in [6.07, 6.45) is 1.60. The van der Waals surface area contributed by atoms with Crippen LogP contribution >= 0.6 is 0 Å². The normalized spacial score (nSPS) is 12.2. The van der Waals surface area contributed by atoms with Crippen molar-refractivity contribution < 1.29 is 17.9 Å². The van der Waals surface area contributed by atoms with Crippen LogP contribution in [0.1, 0.15) is 11.1 Å². The first kappa shape index (κ1) is 22.6. The van der Waals surface area contributed by atoms with Crippen LogP contribution in [0.2, 0.25) is 0 Å². The third-order valence-electron chi connectivity index (χ3n) is 4.88. The predicted molar refractivity (Wildman–Crippen MR) is 124 cm³/mol. The second kappa shape index (κ2) is 10.3. The van der Waals surface area contributed by atoms with E-state index in [1.807, 2.05) is 49.4 Å². The lowest BCUT2D eigenvalue weighted by atomic mass is 10.2. The maximum absolute atomic E-state index is 13.6. The van der Waals surface area contributed by atoms with Gasteiger partial charge in [-0.05, 0) is 48.9 Å². The van der Waals surface area contributed by atoms with Crippen molar-refractivity contribution in [3.63, 3.8) is 0 Å². The zero-order valence-corrected chi connectivity index (χ0v) is 18.6. The number of ether oxygens (including phenoxy) is 2. The number of sulfonamides is 1. The fourth-order valence-corrected chi connectivity index (χ4v) is 4.77. The molecule has 0 aromatic heterocycles. The summed E-state index contributed by atoms with van der Waals surface area (Å²) in [4.78, 5) is 0.170. The minimum absolute atomic E-state index is 0.168. The second-order valence-corrected chi connectivity index (χ2v) is 8.93. The molecule has 1 unspecified atom stereocenters. The fraction of sp³-hybridized carbons (Fsp3) is 0.200. The molecule has 0 N–H and O–H groups in total. The molecule has 31 heavy (non-hydrogen) atoms. The molecule has 5 nitrogen and oxygen atoms in total. The van der Waals surface area contributed by atoms with Crippen molar-refractivity contribution in [1.82, 2.24) is 0 Å². The third kappa shape index (κ3) is 5.54. The summed E-state index contributed by atoms with van der Waals surface area (Å²) < 4.78 is 39.7. The van der Waals surface area contributed by atoms with Gasteiger partial charge in [0.1, 0.15) is 5.75 Å². The van der Waals surface area contributed by atoms with Gasteiger partial charge in [-0.2, -0.15) is 0 Å². The maximum Gasteiger partial charge on any atom is 0.264 e. The Hall–Kier alpha value is -3.09. The van der Waals surface area contributed by atoms with Gasteiger partial charge in [0, 0.05) is 0 Å². The van der Waals surface area contributed by atoms with Crippen LogP contribution in [0.15, 0.2) is 96.4 Å². The summed E-state index contributed by atoms with van der Waals surface area (Å²) in [5, 5.41) is 0. The molecule has 3 aromatic carbocycles. The van der Waals surface area contributed by atoms with E-state index in [1.165, 1.54) is 4.31 Å². The van der Waals surface area contributed by atoms with Gasteiger partial charge in [-0.25, -0.2) is 8.42 Å². The van der Waals surface area contributed by atoms with Crippen LogP contribution in [0, 0.1) is 6.92 Å². The van der Waals surface area contributed by atoms with Crippen LogP contribution in [0.4, 0.5) is 5.69 Å². The molecular formula is C25H27NO4S. The van der Waals surface area contributed by atoms with Crippen molar-refractivity contribution in [3.8, 4) is 5.75 Å². The highest BCUT2D eigenvalue weighted by Crippen LogP contribution is 2.28. The molecule has 0 aliphatic heterocycles. The molecule has 3 rings (SSSR count). The van der Waals surface area contributed by atoms with Crippen LogP contribution < -0.4 is 9.04 Å². The minimum Gasteiger partial charge on any atom is -0.497 e. The summed E-state index contributed by atoms with van der Waals surface area (Å²) in [6.45, 7) is 6.39. The van der Waals surface area contributed by atoms with E-state index in [0.29, 0.717) is 18.0 Å². The Bertz CT molecular complexity index is 1080. The number of rotatable bonds is 10. The van der Waals surface area contributed by atoms with Crippen molar-refractivity contribution >= 4 is 15.7 Å². The quantitative estimate of drug-likeness (QED) is 0.420. The monoisotopic (exact) mass is 437 g/mol. The number of anilines is 1. The van der Waals surface area contributed by atoms with Crippen molar-refractivity contribution in [2.24, 2.45) is 0 Å². The highest BCUT2D eigenvalue weighted by molar-refractivity contribution is 7.92. The topological polar surface area (TPSA) is 55.8 Å². The Kier molecular flexibility index (Phi) is 7.50. The molecular weight excluding hydrogens is 410 g/mol. The molecule has 3 aromatic rings. The number of methoxy groups -OCH3 is 1. The Morgan fingerprint density at radius 1 is 0.968 bits per heavy atom. The lowest BCUT2D eigenvalue weighted by molar-refractivity contribution is 0.117. The average molecular weight is 438 g/mol. The Morgan fingerprint density at radius 3 is 2.19 bits per heavy atom. The van der Waals surface area contributed by atoms with Crippen molar-refractivity contribution in [1.29, 1.82) is 0 Å². The Balaban J connectivity index is 1.92. The highest BCUT2D eigenvalue weighted by Gasteiger charge is 2.30. The van der Waals surface area contributed by atoms with Gasteiger partial charge in [0.15, 0.2) is 0 Å². The second-order valence-electron chi connectivity index (χ2n) is 7.12. The Labute approximate surface area is 184 Å². The SMILES string of the molecule is C=CC(COCc1ccccc1)N(c1ccc(C)cc1)S(=O)(=O)c1ccc(OC)cc1. The van der Waals surface area contributed by atoms with Crippen LogP contribution in [-0.4, -0.2) is 28.2 Å². The molecule has 0 bridgehead atoms. The third-order valence-corrected chi connectivity index (χ3v) is 6.75. The predicted octanol–water partition coefficient (Wildman–Crippen LogP) is 4.97. The van der Waals surface area contributed by atoms with Gasteiger partial charge >= 0.3 is 0 Å². The van der Waals surface area contributed by atoms with Crippen LogP contribution in [0.25, 0.3) is 0 Å². The molecule has 0 radical (unpaired) electrons. The van der Waals surface area contributed by atoms with E-state index in [0.717, 1.165) is 11.1 Å². The van der Waals surface area contributed by atoms with Crippen molar-refractivity contribution in [3.05, 3.63) is 103 Å². The molecule has 0 fully saturated rings. The van der Waals surface area contributed by atoms with Crippen LogP contribution in [0.3, 0.4) is 0 Å². The molecule has 1 atom stereocenters. The first-order chi connectivity index (χ1) is 15.0. The number of nitrogens with zero attached hydrogens (tertiary/aromatic N) is 1. The van der Waals surface area contributed by atoms with E-state index < -0.39 is 16.1 Å². The fourth-order valence-electron chi connectivity index (χ4n) is 3.16. The molecule has 0 amide bonds. The molecule has 6 heteroatoms. The number of benzene rings is 3. The summed E-state index contributed by atoms with van der Waals surface area (Å²) in [7, 11) is -2.33. The molecule has 0 saturated heterocycles. The van der Waals surface area contributed by atoms with Gasteiger partial charge < -0.3 is 9.47 Å². The van der Waals surface area contributed by atoms with Gasteiger partial charge in [0.05, 0.1) is 36.9 Å². The first-order valence-corrected chi connectivity index (χ1v) is 11.4. The van der Waals surface area contributed by atoms with Gasteiger partial charge in [-0.3, -0.25) is 4.31 Å². The van der Waals surface area contributed by atoms with Gasteiger partial charge in [-0.1, -0.05) is 54.1 Å². The van der Waals surface area contributed by atoms with Gasteiger partial charge in [0.2, 0.25) is 0 Å². The van der Waals surface area contributed by atoms with E-state index in [2.05, 4.69) is 6.58 Å². The number of aryl methyl sites for hydroxylation is 1. The largest absolute Gasteiger partial charge is 0.497 e. The molecule has 162 valence electrons. The summed E-state index contributed by atoms with van der Waals surface area (Å²) in [5.41, 5.74) is 2.61. The zero-order chi connectivity index (χ0) is 22.3. The Morgan fingerprint density at radius 2 is 1.61 bits per heavy atom. The van der Waals surface area contributed by atoms with Crippen molar-refractivity contribution in [2.75, 3.05) is 18.0 Å². The zero-order valence-electron chi connectivity index (χ0n) is 17.8. The van der Waals surface area contributed by atoms with E-state index in [1.54, 1.807) is 49.6 Å². The standard InChI is InChI=1S/C25H27NO4S/c1-4-22(19-30-18-21-8-6-5-7-9-21)26(23-12-10-20(2)11-13-23)31(27,28)25-16-14-24(29-3)15-17-25/h4-17,22H,1,18-19H2,2-3H3. The first-order valence-electron chi connectivity index (χ1n) is 9.95. The highest BCUT2D eigenvalue weighted by atomic mass is 32.2. The molecule has 0 spiro atoms. The lowest BCUT2D eigenvalue weighted by Gasteiger charge is -2.31. The number of hydrogen-bond acceptors (Lipinski definition) is 4. The molecule has 0 aliphatic carbocycles. The van der Waals surface area contributed by atoms with Crippen molar-refractivity contribution in [2.45, 2.75) is 24.5 Å². The van der Waals surface area contributed by atoms with E-state index in [-0.39, 0.29) is 11.5 Å².